The van der Waals surface area contributed by atoms with Gasteiger partial charge >= 0.3 is 5.69 Å². The van der Waals surface area contributed by atoms with Crippen molar-refractivity contribution in [2.45, 2.75) is 6.29 Å². The minimum atomic E-state index is -1.61. The van der Waals surface area contributed by atoms with Gasteiger partial charge in [0.1, 0.15) is 0 Å². The molecule has 1 aromatic rings. The van der Waals surface area contributed by atoms with E-state index in [1.54, 1.807) is 0 Å². The zero-order valence-corrected chi connectivity index (χ0v) is 4.46. The normalized spacial score (nSPS) is 10.6. The zero-order valence-electron chi connectivity index (χ0n) is 4.46. The lowest BCUT2D eigenvalue weighted by molar-refractivity contribution is -0.0456. The quantitative estimate of drug-likeness (QED) is 0.356. The molecule has 0 saturated carbocycles. The lowest BCUT2D eigenvalue weighted by atomic mass is 10.5. The maximum Gasteiger partial charge on any atom is 0.323 e. The van der Waals surface area contributed by atoms with Crippen LogP contribution in [0.4, 0.5) is 0 Å². The van der Waals surface area contributed by atoms with Gasteiger partial charge in [-0.2, -0.15) is 0 Å². The molecule has 0 amide bonds. The highest BCUT2D eigenvalue weighted by Gasteiger charge is 2.02. The number of nitrogens with one attached hydrogen (secondary N) is 2. The fourth-order valence-corrected chi connectivity index (χ4v) is 0.486. The summed E-state index contributed by atoms with van der Waals surface area (Å²) in [5.41, 5.74) is -0.377. The summed E-state index contributed by atoms with van der Waals surface area (Å²) in [5, 5.41) is 16.8. The number of imidazole rings is 1. The first-order valence-electron chi connectivity index (χ1n) is 2.34. The van der Waals surface area contributed by atoms with E-state index in [1.807, 2.05) is 0 Å². The van der Waals surface area contributed by atoms with E-state index < -0.39 is 12.0 Å². The fraction of sp³-hybridized carbons (Fsp3) is 0.250. The monoisotopic (exact) mass is 130 g/mol. The summed E-state index contributed by atoms with van der Waals surface area (Å²) in [7, 11) is 0. The summed E-state index contributed by atoms with van der Waals surface area (Å²) in [6.07, 6.45) is -0.406. The number of aromatic amines is 2. The SMILES string of the molecule is O=c1[nH]cc(C(O)O)[nH]1. The molecule has 50 valence electrons. The number of aromatic nitrogens is 2. The van der Waals surface area contributed by atoms with Crippen LogP contribution in [0.1, 0.15) is 12.0 Å². The first-order chi connectivity index (χ1) is 4.20. The Kier molecular flexibility index (Phi) is 1.37. The van der Waals surface area contributed by atoms with E-state index in [0.717, 1.165) is 0 Å². The standard InChI is InChI=1S/C4H6N2O3/c7-3(8)2-1-5-4(9)6-2/h1,3,7-8H,(H2,5,6,9). The summed E-state index contributed by atoms with van der Waals surface area (Å²) < 4.78 is 0. The molecule has 0 radical (unpaired) electrons. The van der Waals surface area contributed by atoms with Crippen LogP contribution in [0.5, 0.6) is 0 Å². The lowest BCUT2D eigenvalue weighted by Gasteiger charge is -1.94. The molecule has 4 N–H and O–H groups in total. The molecular formula is C4H6N2O3. The largest absolute Gasteiger partial charge is 0.363 e. The van der Waals surface area contributed by atoms with Gasteiger partial charge in [-0.15, -0.1) is 0 Å². The van der Waals surface area contributed by atoms with Gasteiger partial charge in [-0.25, -0.2) is 4.79 Å². The molecule has 0 atom stereocenters. The Morgan fingerprint density at radius 1 is 1.56 bits per heavy atom. The Hall–Kier alpha value is -1.07. The molecule has 9 heavy (non-hydrogen) atoms. The fourth-order valence-electron chi connectivity index (χ4n) is 0.486. The number of rotatable bonds is 1. The second-order valence-corrected chi connectivity index (χ2v) is 1.57. The van der Waals surface area contributed by atoms with Crippen LogP contribution in [0.25, 0.3) is 0 Å². The predicted molar refractivity (Wildman–Crippen MR) is 28.6 cm³/mol. The molecule has 0 fully saturated rings. The lowest BCUT2D eigenvalue weighted by Crippen LogP contribution is -2.03. The van der Waals surface area contributed by atoms with Gasteiger partial charge in [0.05, 0.1) is 5.69 Å². The average Bonchev–Trinajstić information content (AvgIpc) is 2.14. The smallest absolute Gasteiger partial charge is 0.323 e. The number of aliphatic hydroxyl groups excluding tert-OH is 1. The minimum Gasteiger partial charge on any atom is -0.363 e. The summed E-state index contributed by atoms with van der Waals surface area (Å²) in [6, 6.07) is 0. The molecule has 1 heterocycles. The Labute approximate surface area is 50.0 Å². The van der Waals surface area contributed by atoms with Crippen LogP contribution in [0.2, 0.25) is 0 Å². The predicted octanol–water partition coefficient (Wildman–Crippen LogP) is -1.31. The number of aliphatic hydroxyl groups is 2. The Bertz CT molecular complexity index is 236. The van der Waals surface area contributed by atoms with E-state index >= 15 is 0 Å². The molecule has 0 aromatic carbocycles. The third kappa shape index (κ3) is 1.18. The van der Waals surface area contributed by atoms with Crippen LogP contribution in [0, 0.1) is 0 Å². The highest BCUT2D eigenvalue weighted by Crippen LogP contribution is 1.99. The second kappa shape index (κ2) is 2.04. The van der Waals surface area contributed by atoms with E-state index in [9.17, 15) is 4.79 Å². The molecule has 1 rings (SSSR count). The van der Waals surface area contributed by atoms with Crippen LogP contribution in [0.15, 0.2) is 11.0 Å². The Balaban J connectivity index is 2.98. The summed E-state index contributed by atoms with van der Waals surface area (Å²) in [4.78, 5) is 14.6. The maximum atomic E-state index is 10.3. The minimum absolute atomic E-state index is 0.0694. The van der Waals surface area contributed by atoms with Crippen molar-refractivity contribution in [1.82, 2.24) is 9.97 Å². The molecule has 0 aliphatic rings. The van der Waals surface area contributed by atoms with Crippen LogP contribution in [-0.2, 0) is 0 Å². The Morgan fingerprint density at radius 3 is 2.44 bits per heavy atom. The molecule has 5 nitrogen and oxygen atoms in total. The molecule has 1 aromatic heterocycles. The number of H-pyrrole nitrogens is 2. The highest BCUT2D eigenvalue weighted by molar-refractivity contribution is 4.94. The van der Waals surface area contributed by atoms with Gasteiger partial charge in [0.25, 0.3) is 0 Å². The van der Waals surface area contributed by atoms with E-state index in [1.165, 1.54) is 6.20 Å². The number of hydrogen-bond acceptors (Lipinski definition) is 3. The number of hydrogen-bond donors (Lipinski definition) is 4. The molecule has 0 spiro atoms. The van der Waals surface area contributed by atoms with Gasteiger partial charge in [0.15, 0.2) is 6.29 Å². The third-order valence-corrected chi connectivity index (χ3v) is 0.895. The Morgan fingerprint density at radius 2 is 2.22 bits per heavy atom. The second-order valence-electron chi connectivity index (χ2n) is 1.57. The molecule has 0 saturated heterocycles. The highest BCUT2D eigenvalue weighted by atomic mass is 16.5. The zero-order chi connectivity index (χ0) is 6.85. The van der Waals surface area contributed by atoms with Gasteiger partial charge in [-0.3, -0.25) is 0 Å². The van der Waals surface area contributed by atoms with Crippen molar-refractivity contribution in [3.63, 3.8) is 0 Å². The van der Waals surface area contributed by atoms with Crippen molar-refractivity contribution >= 4 is 0 Å². The summed E-state index contributed by atoms with van der Waals surface area (Å²) in [5.74, 6) is 0. The van der Waals surface area contributed by atoms with Gasteiger partial charge < -0.3 is 20.2 Å². The third-order valence-electron chi connectivity index (χ3n) is 0.895. The van der Waals surface area contributed by atoms with Crippen molar-refractivity contribution in [2.75, 3.05) is 0 Å². The van der Waals surface area contributed by atoms with Crippen molar-refractivity contribution < 1.29 is 10.2 Å². The van der Waals surface area contributed by atoms with Crippen LogP contribution in [0.3, 0.4) is 0 Å². The molecule has 0 unspecified atom stereocenters. The molecule has 5 heteroatoms. The van der Waals surface area contributed by atoms with Crippen LogP contribution >= 0.6 is 0 Å². The van der Waals surface area contributed by atoms with Gasteiger partial charge in [0, 0.05) is 6.20 Å². The van der Waals surface area contributed by atoms with Crippen LogP contribution in [-0.4, -0.2) is 20.2 Å². The summed E-state index contributed by atoms with van der Waals surface area (Å²) >= 11 is 0. The first-order valence-corrected chi connectivity index (χ1v) is 2.34. The van der Waals surface area contributed by atoms with Crippen molar-refractivity contribution in [1.29, 1.82) is 0 Å². The van der Waals surface area contributed by atoms with Crippen molar-refractivity contribution in [3.8, 4) is 0 Å². The maximum absolute atomic E-state index is 10.3. The average molecular weight is 130 g/mol. The molecule has 0 aliphatic carbocycles. The van der Waals surface area contributed by atoms with E-state index in [0.29, 0.717) is 0 Å². The van der Waals surface area contributed by atoms with Gasteiger partial charge in [0.2, 0.25) is 0 Å². The molecule has 0 bridgehead atoms. The van der Waals surface area contributed by atoms with Crippen LogP contribution < -0.4 is 5.69 Å². The van der Waals surface area contributed by atoms with E-state index in [2.05, 4.69) is 9.97 Å². The van der Waals surface area contributed by atoms with Gasteiger partial charge in [-0.05, 0) is 0 Å². The topological polar surface area (TPSA) is 89.1 Å². The van der Waals surface area contributed by atoms with Crippen molar-refractivity contribution in [3.05, 3.63) is 22.4 Å². The first kappa shape index (κ1) is 6.06. The van der Waals surface area contributed by atoms with E-state index in [-0.39, 0.29) is 5.69 Å². The molecular weight excluding hydrogens is 124 g/mol. The summed E-state index contributed by atoms with van der Waals surface area (Å²) in [6.45, 7) is 0. The van der Waals surface area contributed by atoms with Crippen molar-refractivity contribution in [2.24, 2.45) is 0 Å². The molecule has 0 aliphatic heterocycles. The van der Waals surface area contributed by atoms with E-state index in [4.69, 9.17) is 10.2 Å². The van der Waals surface area contributed by atoms with Gasteiger partial charge in [-0.1, -0.05) is 0 Å².